The van der Waals surface area contributed by atoms with Gasteiger partial charge in [-0.2, -0.15) is 0 Å². The normalized spacial score (nSPS) is 20.4. The number of ether oxygens (including phenoxy) is 2. The molecule has 1 aromatic carbocycles. The van der Waals surface area contributed by atoms with E-state index in [1.165, 1.54) is 12.7 Å². The van der Waals surface area contributed by atoms with Gasteiger partial charge in [-0.25, -0.2) is 4.79 Å². The Morgan fingerprint density at radius 3 is 2.69 bits per heavy atom. The molecule has 3 heteroatoms. The Balaban J connectivity index is 2.09. The van der Waals surface area contributed by atoms with Gasteiger partial charge >= 0.3 is 5.97 Å². The Morgan fingerprint density at radius 2 is 2.12 bits per heavy atom. The lowest BCUT2D eigenvalue weighted by atomic mass is 9.93. The van der Waals surface area contributed by atoms with Gasteiger partial charge in [0.15, 0.2) is 0 Å². The molecule has 1 aromatic rings. The molecule has 0 amide bonds. The fourth-order valence-corrected chi connectivity index (χ4v) is 2.01. The minimum atomic E-state index is -0.286. The first kappa shape index (κ1) is 11.1. The number of methoxy groups -OCH3 is 1. The highest BCUT2D eigenvalue weighted by Gasteiger charge is 2.16. The van der Waals surface area contributed by atoms with Crippen LogP contribution >= 0.6 is 0 Å². The average Bonchev–Trinajstić information content (AvgIpc) is 2.39. The van der Waals surface area contributed by atoms with Gasteiger partial charge in [0, 0.05) is 12.5 Å². The van der Waals surface area contributed by atoms with Gasteiger partial charge in [-0.3, -0.25) is 0 Å². The van der Waals surface area contributed by atoms with Crippen molar-refractivity contribution in [1.82, 2.24) is 0 Å². The summed E-state index contributed by atoms with van der Waals surface area (Å²) in [7, 11) is 1.39. The number of hydrogen-bond donors (Lipinski definition) is 0. The Labute approximate surface area is 95.4 Å². The molecule has 0 N–H and O–H groups in total. The monoisotopic (exact) mass is 220 g/mol. The SMILES string of the molecule is COC(=O)c1ccc(C2CCCOC2)cc1. The second-order valence-electron chi connectivity index (χ2n) is 4.03. The molecular formula is C13H16O3. The summed E-state index contributed by atoms with van der Waals surface area (Å²) in [5.74, 6) is 0.187. The largest absolute Gasteiger partial charge is 0.465 e. The molecule has 0 aliphatic carbocycles. The van der Waals surface area contributed by atoms with Gasteiger partial charge in [0.25, 0.3) is 0 Å². The first-order valence-corrected chi connectivity index (χ1v) is 5.57. The van der Waals surface area contributed by atoms with E-state index in [9.17, 15) is 4.79 Å². The zero-order valence-electron chi connectivity index (χ0n) is 9.44. The number of rotatable bonds is 2. The van der Waals surface area contributed by atoms with Crippen LogP contribution in [-0.2, 0) is 9.47 Å². The number of benzene rings is 1. The molecule has 1 aliphatic heterocycles. The maximum absolute atomic E-state index is 11.3. The van der Waals surface area contributed by atoms with Crippen molar-refractivity contribution >= 4 is 5.97 Å². The van der Waals surface area contributed by atoms with Crippen LogP contribution in [0.4, 0.5) is 0 Å². The summed E-state index contributed by atoms with van der Waals surface area (Å²) in [6.07, 6.45) is 2.28. The van der Waals surface area contributed by atoms with Crippen molar-refractivity contribution < 1.29 is 14.3 Å². The second kappa shape index (κ2) is 5.12. The van der Waals surface area contributed by atoms with Crippen LogP contribution in [-0.4, -0.2) is 26.3 Å². The summed E-state index contributed by atoms with van der Waals surface area (Å²) in [6.45, 7) is 1.66. The minimum absolute atomic E-state index is 0.286. The summed E-state index contributed by atoms with van der Waals surface area (Å²) >= 11 is 0. The number of esters is 1. The standard InChI is InChI=1S/C13H16O3/c1-15-13(14)11-6-4-10(5-7-11)12-3-2-8-16-9-12/h4-7,12H,2-3,8-9H2,1H3. The number of hydrogen-bond acceptors (Lipinski definition) is 3. The number of carbonyl (C=O) groups excluding carboxylic acids is 1. The van der Waals surface area contributed by atoms with Gasteiger partial charge in [-0.05, 0) is 30.5 Å². The highest BCUT2D eigenvalue weighted by atomic mass is 16.5. The van der Waals surface area contributed by atoms with E-state index in [1.54, 1.807) is 0 Å². The van der Waals surface area contributed by atoms with Crippen molar-refractivity contribution in [3.8, 4) is 0 Å². The van der Waals surface area contributed by atoms with Gasteiger partial charge in [0.2, 0.25) is 0 Å². The molecule has 16 heavy (non-hydrogen) atoms. The molecule has 0 radical (unpaired) electrons. The summed E-state index contributed by atoms with van der Waals surface area (Å²) < 4.78 is 10.1. The third-order valence-electron chi connectivity index (χ3n) is 2.96. The van der Waals surface area contributed by atoms with Crippen LogP contribution in [0.15, 0.2) is 24.3 Å². The molecule has 3 nitrogen and oxygen atoms in total. The summed E-state index contributed by atoms with van der Waals surface area (Å²) in [5.41, 5.74) is 1.84. The summed E-state index contributed by atoms with van der Waals surface area (Å²) in [5, 5.41) is 0. The van der Waals surface area contributed by atoms with Crippen LogP contribution in [0.2, 0.25) is 0 Å². The van der Waals surface area contributed by atoms with Crippen LogP contribution in [0, 0.1) is 0 Å². The molecule has 0 saturated carbocycles. The molecule has 2 rings (SSSR count). The molecule has 1 unspecified atom stereocenters. The molecule has 1 saturated heterocycles. The topological polar surface area (TPSA) is 35.5 Å². The highest BCUT2D eigenvalue weighted by Crippen LogP contribution is 2.25. The van der Waals surface area contributed by atoms with E-state index in [2.05, 4.69) is 4.74 Å². The van der Waals surface area contributed by atoms with E-state index in [-0.39, 0.29) is 5.97 Å². The predicted molar refractivity (Wildman–Crippen MR) is 60.6 cm³/mol. The molecule has 0 spiro atoms. The summed E-state index contributed by atoms with van der Waals surface area (Å²) in [6, 6.07) is 7.61. The van der Waals surface area contributed by atoms with Crippen LogP contribution in [0.5, 0.6) is 0 Å². The maximum Gasteiger partial charge on any atom is 0.337 e. The Hall–Kier alpha value is -1.35. The van der Waals surface area contributed by atoms with Crippen LogP contribution < -0.4 is 0 Å². The first-order valence-electron chi connectivity index (χ1n) is 5.57. The zero-order chi connectivity index (χ0) is 11.4. The van der Waals surface area contributed by atoms with Crippen molar-refractivity contribution in [3.63, 3.8) is 0 Å². The Kier molecular flexibility index (Phi) is 3.57. The van der Waals surface area contributed by atoms with E-state index >= 15 is 0 Å². The predicted octanol–water partition coefficient (Wildman–Crippen LogP) is 2.37. The summed E-state index contributed by atoms with van der Waals surface area (Å²) in [4.78, 5) is 11.3. The van der Waals surface area contributed by atoms with E-state index in [4.69, 9.17) is 4.74 Å². The van der Waals surface area contributed by atoms with Gasteiger partial charge in [-0.1, -0.05) is 12.1 Å². The van der Waals surface area contributed by atoms with Crippen molar-refractivity contribution in [2.75, 3.05) is 20.3 Å². The second-order valence-corrected chi connectivity index (χ2v) is 4.03. The quantitative estimate of drug-likeness (QED) is 0.718. The molecule has 86 valence electrons. The maximum atomic E-state index is 11.3. The van der Waals surface area contributed by atoms with Crippen molar-refractivity contribution in [3.05, 3.63) is 35.4 Å². The van der Waals surface area contributed by atoms with Crippen LogP contribution in [0.3, 0.4) is 0 Å². The Bertz CT molecular complexity index is 350. The zero-order valence-corrected chi connectivity index (χ0v) is 9.44. The van der Waals surface area contributed by atoms with Crippen molar-refractivity contribution in [1.29, 1.82) is 0 Å². The fraction of sp³-hybridized carbons (Fsp3) is 0.462. The van der Waals surface area contributed by atoms with Gasteiger partial charge < -0.3 is 9.47 Å². The third-order valence-corrected chi connectivity index (χ3v) is 2.96. The molecular weight excluding hydrogens is 204 g/mol. The fourth-order valence-electron chi connectivity index (χ4n) is 2.01. The van der Waals surface area contributed by atoms with E-state index in [1.807, 2.05) is 24.3 Å². The lowest BCUT2D eigenvalue weighted by Crippen LogP contribution is -2.15. The van der Waals surface area contributed by atoms with Crippen LogP contribution in [0.25, 0.3) is 0 Å². The molecule has 0 bridgehead atoms. The minimum Gasteiger partial charge on any atom is -0.465 e. The number of carbonyl (C=O) groups is 1. The lowest BCUT2D eigenvalue weighted by Gasteiger charge is -2.22. The van der Waals surface area contributed by atoms with E-state index in [0.717, 1.165) is 26.1 Å². The van der Waals surface area contributed by atoms with E-state index in [0.29, 0.717) is 11.5 Å². The molecule has 1 aliphatic rings. The highest BCUT2D eigenvalue weighted by molar-refractivity contribution is 5.89. The first-order chi connectivity index (χ1) is 7.81. The van der Waals surface area contributed by atoms with Crippen LogP contribution in [0.1, 0.15) is 34.7 Å². The molecule has 0 aromatic heterocycles. The third kappa shape index (κ3) is 2.42. The average molecular weight is 220 g/mol. The molecule has 1 atom stereocenters. The molecule has 1 heterocycles. The van der Waals surface area contributed by atoms with Gasteiger partial charge in [-0.15, -0.1) is 0 Å². The van der Waals surface area contributed by atoms with Gasteiger partial charge in [0.05, 0.1) is 19.3 Å². The van der Waals surface area contributed by atoms with Crippen molar-refractivity contribution in [2.24, 2.45) is 0 Å². The molecule has 1 fully saturated rings. The Morgan fingerprint density at radius 1 is 1.38 bits per heavy atom. The van der Waals surface area contributed by atoms with Gasteiger partial charge in [0.1, 0.15) is 0 Å². The smallest absolute Gasteiger partial charge is 0.337 e. The van der Waals surface area contributed by atoms with Crippen molar-refractivity contribution in [2.45, 2.75) is 18.8 Å². The lowest BCUT2D eigenvalue weighted by molar-refractivity contribution is 0.0600. The van der Waals surface area contributed by atoms with E-state index < -0.39 is 0 Å².